The second-order valence-electron chi connectivity index (χ2n) is 7.18. The van der Waals surface area contributed by atoms with E-state index in [0.29, 0.717) is 18.8 Å². The molecule has 1 saturated heterocycles. The third-order valence-electron chi connectivity index (χ3n) is 3.87. The molecule has 0 saturated carbocycles. The third-order valence-corrected chi connectivity index (χ3v) is 3.87. The number of aliphatic hydroxyl groups excluding tert-OH is 1. The first-order valence-corrected chi connectivity index (χ1v) is 8.36. The molecule has 2 heterocycles. The Morgan fingerprint density at radius 3 is 2.62 bits per heavy atom. The molecule has 1 unspecified atom stereocenters. The van der Waals surface area contributed by atoms with Gasteiger partial charge in [0.05, 0.1) is 0 Å². The molecule has 1 N–H and O–H groups in total. The smallest absolute Gasteiger partial charge is 0.410 e. The van der Waals surface area contributed by atoms with E-state index in [-0.39, 0.29) is 12.0 Å². The van der Waals surface area contributed by atoms with Crippen LogP contribution in [0.3, 0.4) is 0 Å². The maximum absolute atomic E-state index is 12.0. The van der Waals surface area contributed by atoms with Crippen LogP contribution in [0.15, 0.2) is 18.2 Å². The minimum atomic E-state index is -0.701. The highest BCUT2D eigenvalue weighted by atomic mass is 16.6. The van der Waals surface area contributed by atoms with Gasteiger partial charge in [0.1, 0.15) is 17.4 Å². The Kier molecular flexibility index (Phi) is 5.84. The van der Waals surface area contributed by atoms with E-state index in [1.165, 1.54) is 0 Å². The molecule has 1 aromatic rings. The van der Waals surface area contributed by atoms with Gasteiger partial charge in [-0.25, -0.2) is 9.78 Å². The van der Waals surface area contributed by atoms with Gasteiger partial charge >= 0.3 is 6.09 Å². The van der Waals surface area contributed by atoms with Gasteiger partial charge in [-0.1, -0.05) is 12.0 Å². The van der Waals surface area contributed by atoms with Gasteiger partial charge in [-0.15, -0.1) is 0 Å². The lowest BCUT2D eigenvalue weighted by atomic mass is 9.91. The van der Waals surface area contributed by atoms with Crippen LogP contribution in [0.2, 0.25) is 0 Å². The van der Waals surface area contributed by atoms with Gasteiger partial charge < -0.3 is 14.7 Å². The number of hydrogen-bond acceptors (Lipinski definition) is 4. The highest BCUT2D eigenvalue weighted by Gasteiger charge is 2.29. The van der Waals surface area contributed by atoms with Gasteiger partial charge in [-0.2, -0.15) is 0 Å². The number of aryl methyl sites for hydroxylation is 1. The quantitative estimate of drug-likeness (QED) is 0.804. The fraction of sp³-hybridized carbons (Fsp3) is 0.579. The lowest BCUT2D eigenvalue weighted by Crippen LogP contribution is -2.43. The second-order valence-corrected chi connectivity index (χ2v) is 7.18. The Labute approximate surface area is 144 Å². The van der Waals surface area contributed by atoms with Crippen LogP contribution in [0, 0.1) is 24.7 Å². The van der Waals surface area contributed by atoms with Crippen LogP contribution in [0.5, 0.6) is 0 Å². The second kappa shape index (κ2) is 7.67. The molecular formula is C19H26N2O3. The minimum Gasteiger partial charge on any atom is -0.444 e. The average Bonchev–Trinajstić information content (AvgIpc) is 2.51. The van der Waals surface area contributed by atoms with Crippen LogP contribution in [0.25, 0.3) is 0 Å². The molecule has 0 bridgehead atoms. The van der Waals surface area contributed by atoms with Gasteiger partial charge in [0.2, 0.25) is 0 Å². The number of pyridine rings is 1. The van der Waals surface area contributed by atoms with Crippen LogP contribution in [-0.4, -0.2) is 45.9 Å². The monoisotopic (exact) mass is 330 g/mol. The molecular weight excluding hydrogens is 304 g/mol. The van der Waals surface area contributed by atoms with Crippen molar-refractivity contribution in [3.05, 3.63) is 29.6 Å². The first-order valence-electron chi connectivity index (χ1n) is 8.36. The molecule has 1 amide bonds. The SMILES string of the molecule is Cc1cccc(C#CC(O)C2CCN(C(=O)OC(C)(C)C)CC2)n1. The predicted molar refractivity (Wildman–Crippen MR) is 92.4 cm³/mol. The molecule has 1 aliphatic rings. The largest absolute Gasteiger partial charge is 0.444 e. The Morgan fingerprint density at radius 2 is 2.04 bits per heavy atom. The molecule has 24 heavy (non-hydrogen) atoms. The number of carbonyl (C=O) groups is 1. The van der Waals surface area contributed by atoms with Crippen LogP contribution >= 0.6 is 0 Å². The molecule has 0 aliphatic carbocycles. The number of hydrogen-bond donors (Lipinski definition) is 1. The molecule has 0 aromatic carbocycles. The zero-order chi connectivity index (χ0) is 17.7. The molecule has 2 rings (SSSR count). The van der Waals surface area contributed by atoms with Crippen LogP contribution in [0.4, 0.5) is 4.79 Å². The van der Waals surface area contributed by atoms with E-state index in [0.717, 1.165) is 18.5 Å². The van der Waals surface area contributed by atoms with Crippen molar-refractivity contribution in [2.75, 3.05) is 13.1 Å². The number of likely N-dealkylation sites (tertiary alicyclic amines) is 1. The number of piperidine rings is 1. The molecule has 1 atom stereocenters. The molecule has 5 heteroatoms. The van der Waals surface area contributed by atoms with E-state index in [2.05, 4.69) is 16.8 Å². The van der Waals surface area contributed by atoms with E-state index >= 15 is 0 Å². The normalized spacial score (nSPS) is 17.0. The summed E-state index contributed by atoms with van der Waals surface area (Å²) in [6.07, 6.45) is 0.450. The number of aliphatic hydroxyl groups is 1. The Balaban J connectivity index is 1.87. The summed E-state index contributed by atoms with van der Waals surface area (Å²) < 4.78 is 5.38. The van der Waals surface area contributed by atoms with Crippen molar-refractivity contribution in [2.24, 2.45) is 5.92 Å². The van der Waals surface area contributed by atoms with Gasteiger partial charge in [0.15, 0.2) is 0 Å². The first kappa shape index (κ1) is 18.3. The topological polar surface area (TPSA) is 62.7 Å². The van der Waals surface area contributed by atoms with Crippen molar-refractivity contribution in [1.82, 2.24) is 9.88 Å². The summed E-state index contributed by atoms with van der Waals surface area (Å²) in [5, 5.41) is 10.3. The van der Waals surface area contributed by atoms with Crippen LogP contribution in [0.1, 0.15) is 45.0 Å². The number of aromatic nitrogens is 1. The zero-order valence-corrected chi connectivity index (χ0v) is 14.9. The summed E-state index contributed by atoms with van der Waals surface area (Å²) in [5.41, 5.74) is 1.09. The lowest BCUT2D eigenvalue weighted by molar-refractivity contribution is 0.0128. The fourth-order valence-electron chi connectivity index (χ4n) is 2.60. The third kappa shape index (κ3) is 5.54. The van der Waals surface area contributed by atoms with E-state index in [1.54, 1.807) is 4.90 Å². The van der Waals surface area contributed by atoms with Gasteiger partial charge in [0, 0.05) is 18.8 Å². The Morgan fingerprint density at radius 1 is 1.38 bits per heavy atom. The Bertz CT molecular complexity index is 632. The maximum atomic E-state index is 12.0. The van der Waals surface area contributed by atoms with Crippen molar-refractivity contribution in [3.8, 4) is 11.8 Å². The lowest BCUT2D eigenvalue weighted by Gasteiger charge is -2.34. The summed E-state index contributed by atoms with van der Waals surface area (Å²) in [5.74, 6) is 5.89. The number of carbonyl (C=O) groups excluding carboxylic acids is 1. The molecule has 5 nitrogen and oxygen atoms in total. The Hall–Kier alpha value is -2.06. The molecule has 130 valence electrons. The number of ether oxygens (including phenoxy) is 1. The maximum Gasteiger partial charge on any atom is 0.410 e. The van der Waals surface area contributed by atoms with E-state index in [1.807, 2.05) is 45.9 Å². The summed E-state index contributed by atoms with van der Waals surface area (Å²) in [6, 6.07) is 5.64. The molecule has 0 radical (unpaired) electrons. The fourth-order valence-corrected chi connectivity index (χ4v) is 2.60. The molecule has 1 aromatic heterocycles. The van der Waals surface area contributed by atoms with Crippen molar-refractivity contribution in [3.63, 3.8) is 0 Å². The predicted octanol–water partition coefficient (Wildman–Crippen LogP) is 2.75. The molecule has 0 spiro atoms. The van der Waals surface area contributed by atoms with E-state index < -0.39 is 11.7 Å². The van der Waals surface area contributed by atoms with Crippen molar-refractivity contribution in [1.29, 1.82) is 0 Å². The summed E-state index contributed by atoms with van der Waals surface area (Å²) in [6.45, 7) is 8.65. The minimum absolute atomic E-state index is 0.0704. The van der Waals surface area contributed by atoms with Crippen molar-refractivity contribution >= 4 is 6.09 Å². The van der Waals surface area contributed by atoms with Gasteiger partial charge in [0.25, 0.3) is 0 Å². The first-order chi connectivity index (χ1) is 11.2. The average molecular weight is 330 g/mol. The standard InChI is InChI=1S/C19H26N2O3/c1-14-6-5-7-16(20-14)8-9-17(22)15-10-12-21(13-11-15)18(23)24-19(2,3)4/h5-7,15,17,22H,10-13H2,1-4H3. The highest BCUT2D eigenvalue weighted by molar-refractivity contribution is 5.68. The summed E-state index contributed by atoms with van der Waals surface area (Å²) in [4.78, 5) is 18.0. The molecule has 1 fully saturated rings. The number of rotatable bonds is 1. The number of nitrogens with zero attached hydrogens (tertiary/aromatic N) is 2. The van der Waals surface area contributed by atoms with E-state index in [9.17, 15) is 9.90 Å². The van der Waals surface area contributed by atoms with Crippen molar-refractivity contribution in [2.45, 2.75) is 52.2 Å². The summed E-state index contributed by atoms with van der Waals surface area (Å²) >= 11 is 0. The van der Waals surface area contributed by atoms with Crippen LogP contribution < -0.4 is 0 Å². The van der Waals surface area contributed by atoms with Gasteiger partial charge in [-0.3, -0.25) is 0 Å². The number of amides is 1. The van der Waals surface area contributed by atoms with E-state index in [4.69, 9.17) is 4.74 Å². The highest BCUT2D eigenvalue weighted by Crippen LogP contribution is 2.22. The molecule has 1 aliphatic heterocycles. The van der Waals surface area contributed by atoms with Crippen LogP contribution in [-0.2, 0) is 4.74 Å². The van der Waals surface area contributed by atoms with Gasteiger partial charge in [-0.05, 0) is 64.5 Å². The van der Waals surface area contributed by atoms with Crippen molar-refractivity contribution < 1.29 is 14.6 Å². The summed E-state index contributed by atoms with van der Waals surface area (Å²) in [7, 11) is 0. The zero-order valence-electron chi connectivity index (χ0n) is 14.9.